The monoisotopic (exact) mass is 487 g/mol. The summed E-state index contributed by atoms with van der Waals surface area (Å²) < 4.78 is 0. The summed E-state index contributed by atoms with van der Waals surface area (Å²) in [4.78, 5) is 62.7. The van der Waals surface area contributed by atoms with Crippen LogP contribution in [0.25, 0.3) is 0 Å². The molecule has 4 atom stereocenters. The normalized spacial score (nSPS) is 20.5. The van der Waals surface area contributed by atoms with Crippen LogP contribution >= 0.6 is 0 Å². The van der Waals surface area contributed by atoms with Crippen LogP contribution in [0.5, 0.6) is 0 Å². The maximum absolute atomic E-state index is 13.6. The second-order valence-electron chi connectivity index (χ2n) is 8.43. The fourth-order valence-electron chi connectivity index (χ4n) is 4.24. The molecule has 1 aromatic rings. The lowest BCUT2D eigenvalue weighted by molar-refractivity contribution is -0.137. The van der Waals surface area contributed by atoms with Gasteiger partial charge in [0.25, 0.3) is 0 Å². The molecule has 2 aliphatic heterocycles. The molecule has 5 amide bonds. The van der Waals surface area contributed by atoms with E-state index < -0.39 is 60.3 Å². The quantitative estimate of drug-likeness (QED) is 0.183. The number of aliphatic carboxylic acids is 1. The molecular weight excluding hydrogens is 458 g/mol. The van der Waals surface area contributed by atoms with E-state index in [1.807, 2.05) is 23.6 Å². The smallest absolute Gasteiger partial charge is 0.332 e. The molecule has 13 heteroatoms. The summed E-state index contributed by atoms with van der Waals surface area (Å²) in [6.07, 6.45) is 2.01. The number of amides is 5. The third-order valence-corrected chi connectivity index (χ3v) is 5.95. The highest BCUT2D eigenvalue weighted by molar-refractivity contribution is 6.08. The molecule has 2 aliphatic rings. The van der Waals surface area contributed by atoms with Gasteiger partial charge in [-0.25, -0.2) is 10.2 Å². The van der Waals surface area contributed by atoms with Crippen LogP contribution in [0, 0.1) is 0 Å². The summed E-state index contributed by atoms with van der Waals surface area (Å²) >= 11 is 0. The summed E-state index contributed by atoms with van der Waals surface area (Å²) in [7, 11) is 0. The number of nitrogens with zero attached hydrogens (tertiary/aromatic N) is 2. The van der Waals surface area contributed by atoms with Crippen molar-refractivity contribution >= 4 is 41.6 Å². The Hall–Kier alpha value is -4.00. The van der Waals surface area contributed by atoms with Gasteiger partial charge in [-0.15, -0.1) is 0 Å². The number of rotatable bonds is 9. The molecule has 8 N–H and O–H groups in total. The van der Waals surface area contributed by atoms with Gasteiger partial charge in [0.05, 0.1) is 24.2 Å². The molecule has 0 spiro atoms. The summed E-state index contributed by atoms with van der Waals surface area (Å²) in [5.74, 6) is -2.70. The van der Waals surface area contributed by atoms with Crippen molar-refractivity contribution in [3.63, 3.8) is 0 Å². The van der Waals surface area contributed by atoms with Crippen molar-refractivity contribution in [2.24, 2.45) is 16.6 Å². The molecule has 0 bridgehead atoms. The highest BCUT2D eigenvalue weighted by Gasteiger charge is 2.44. The predicted molar refractivity (Wildman–Crippen MR) is 125 cm³/mol. The van der Waals surface area contributed by atoms with Crippen LogP contribution in [0.1, 0.15) is 37.3 Å². The van der Waals surface area contributed by atoms with Crippen LogP contribution in [0.3, 0.4) is 0 Å². The molecule has 0 aliphatic carbocycles. The number of benzene rings is 1. The van der Waals surface area contributed by atoms with E-state index in [-0.39, 0.29) is 6.42 Å². The molecular formula is C22H29N7O6. The lowest BCUT2D eigenvalue weighted by Gasteiger charge is -2.29. The van der Waals surface area contributed by atoms with Crippen molar-refractivity contribution in [1.29, 1.82) is 0 Å². The van der Waals surface area contributed by atoms with Gasteiger partial charge in [-0.05, 0) is 30.4 Å². The number of carboxylic acids is 1. The molecule has 0 aromatic heterocycles. The zero-order valence-electron chi connectivity index (χ0n) is 19.2. The van der Waals surface area contributed by atoms with Gasteiger partial charge >= 0.3 is 12.0 Å². The van der Waals surface area contributed by atoms with Gasteiger partial charge in [-0.3, -0.25) is 24.1 Å². The fourth-order valence-corrected chi connectivity index (χ4v) is 4.24. The molecule has 188 valence electrons. The van der Waals surface area contributed by atoms with Crippen LogP contribution in [0.4, 0.5) is 10.5 Å². The minimum absolute atomic E-state index is 0.215. The highest BCUT2D eigenvalue weighted by atomic mass is 16.4. The summed E-state index contributed by atoms with van der Waals surface area (Å²) in [5.41, 5.74) is 15.0. The minimum Gasteiger partial charge on any atom is -0.481 e. The molecule has 35 heavy (non-hydrogen) atoms. The van der Waals surface area contributed by atoms with Gasteiger partial charge in [-0.1, -0.05) is 25.1 Å². The van der Waals surface area contributed by atoms with Crippen LogP contribution < -0.4 is 32.4 Å². The predicted octanol–water partition coefficient (Wildman–Crippen LogP) is -1.27. The number of aryl methyl sites for hydroxylation is 1. The fraction of sp³-hybridized carbons (Fsp3) is 0.455. The Balaban J connectivity index is 1.86. The maximum Gasteiger partial charge on any atom is 0.332 e. The van der Waals surface area contributed by atoms with E-state index in [0.29, 0.717) is 24.9 Å². The van der Waals surface area contributed by atoms with E-state index >= 15 is 0 Å². The molecule has 0 radical (unpaired) electrons. The molecule has 0 fully saturated rings. The van der Waals surface area contributed by atoms with E-state index in [0.717, 1.165) is 17.3 Å². The lowest BCUT2D eigenvalue weighted by Crippen LogP contribution is -2.57. The Labute approximate surface area is 201 Å². The Morgan fingerprint density at radius 2 is 2.00 bits per heavy atom. The second kappa shape index (κ2) is 11.0. The zero-order chi connectivity index (χ0) is 25.7. The van der Waals surface area contributed by atoms with Gasteiger partial charge in [0.1, 0.15) is 12.1 Å². The second-order valence-corrected chi connectivity index (χ2v) is 8.43. The molecule has 2 heterocycles. The first-order valence-electron chi connectivity index (χ1n) is 11.2. The summed E-state index contributed by atoms with van der Waals surface area (Å²) in [6, 6.07) is 0.920. The minimum atomic E-state index is -1.21. The van der Waals surface area contributed by atoms with Crippen molar-refractivity contribution in [2.75, 3.05) is 4.90 Å². The third kappa shape index (κ3) is 5.93. The van der Waals surface area contributed by atoms with Crippen molar-refractivity contribution in [2.45, 2.75) is 63.2 Å². The van der Waals surface area contributed by atoms with Gasteiger partial charge in [0, 0.05) is 12.6 Å². The number of carboxylic acid groups (broad SMARTS) is 1. The number of nitrogens with one attached hydrogen (secondary N) is 3. The molecule has 0 saturated heterocycles. The maximum atomic E-state index is 13.6. The van der Waals surface area contributed by atoms with E-state index in [1.54, 1.807) is 6.92 Å². The Kier molecular flexibility index (Phi) is 8.02. The average molecular weight is 488 g/mol. The standard InChI is InChI=1S/C22H29N7O6/c1-2-14(23)19(32)27-15-7-6-11-4-3-5-12-8-16(29(18(11)12)21(15)34)20(33)26-13(9-17(30)31)10-25-28-22(24)35/h3-5,10,13-16H,2,6-9,23H2,1H3,(H,26,33)(H,27,32)(H,30,31)(H3,24,28,35)/b25-10+/t13-,14-,15-,16-/m0/s1. The SMILES string of the molecule is CC[C@H](N)C(=O)N[C@H]1CCc2cccc3c2N(C1=O)[C@H](C(=O)N[C@H](/C=N/NC(N)=O)CC(=O)O)C3. The zero-order valence-corrected chi connectivity index (χ0v) is 19.2. The number of urea groups is 1. The number of para-hydroxylation sites is 1. The van der Waals surface area contributed by atoms with Crippen LogP contribution in [-0.4, -0.2) is 65.2 Å². The molecule has 0 unspecified atom stereocenters. The number of hydrogen-bond acceptors (Lipinski definition) is 7. The van der Waals surface area contributed by atoms with Crippen LogP contribution in [-0.2, 0) is 32.0 Å². The van der Waals surface area contributed by atoms with Gasteiger partial charge in [0.15, 0.2) is 0 Å². The molecule has 3 rings (SSSR count). The van der Waals surface area contributed by atoms with Gasteiger partial charge in [0.2, 0.25) is 17.7 Å². The molecule has 1 aromatic carbocycles. The van der Waals surface area contributed by atoms with Crippen molar-refractivity contribution in [3.05, 3.63) is 29.3 Å². The Morgan fingerprint density at radius 1 is 1.29 bits per heavy atom. The highest BCUT2D eigenvalue weighted by Crippen LogP contribution is 2.39. The summed E-state index contributed by atoms with van der Waals surface area (Å²) in [5, 5.41) is 18.0. The van der Waals surface area contributed by atoms with E-state index in [9.17, 15) is 29.1 Å². The van der Waals surface area contributed by atoms with Crippen LogP contribution in [0.15, 0.2) is 23.3 Å². The van der Waals surface area contributed by atoms with Gasteiger partial charge in [-0.2, -0.15) is 5.10 Å². The summed E-state index contributed by atoms with van der Waals surface area (Å²) in [6.45, 7) is 1.76. The van der Waals surface area contributed by atoms with Gasteiger partial charge < -0.3 is 27.2 Å². The lowest BCUT2D eigenvalue weighted by atomic mass is 10.0. The first kappa shape index (κ1) is 25.6. The van der Waals surface area contributed by atoms with E-state index in [4.69, 9.17) is 11.5 Å². The number of primary amides is 1. The number of carbonyl (C=O) groups excluding carboxylic acids is 4. The van der Waals surface area contributed by atoms with Crippen molar-refractivity contribution in [3.8, 4) is 0 Å². The number of hydrazone groups is 1. The number of nitrogens with two attached hydrogens (primary N) is 2. The van der Waals surface area contributed by atoms with Crippen LogP contribution in [0.2, 0.25) is 0 Å². The van der Waals surface area contributed by atoms with E-state index in [1.165, 1.54) is 4.90 Å². The van der Waals surface area contributed by atoms with E-state index in [2.05, 4.69) is 15.7 Å². The largest absolute Gasteiger partial charge is 0.481 e. The van der Waals surface area contributed by atoms with Crippen molar-refractivity contribution in [1.82, 2.24) is 16.1 Å². The number of anilines is 1. The van der Waals surface area contributed by atoms with Crippen molar-refractivity contribution < 1.29 is 29.1 Å². The first-order chi connectivity index (χ1) is 16.6. The Morgan fingerprint density at radius 3 is 2.66 bits per heavy atom. The first-order valence-corrected chi connectivity index (χ1v) is 11.2. The Bertz CT molecular complexity index is 1060. The number of carbonyl (C=O) groups is 5. The average Bonchev–Trinajstić information content (AvgIpc) is 3.14. The third-order valence-electron chi connectivity index (χ3n) is 5.95. The number of hydrogen-bond donors (Lipinski definition) is 6. The topological polar surface area (TPSA) is 209 Å². The molecule has 0 saturated carbocycles. The molecule has 13 nitrogen and oxygen atoms in total.